The predicted molar refractivity (Wildman–Crippen MR) is 133 cm³/mol. The van der Waals surface area contributed by atoms with E-state index in [1.807, 2.05) is 0 Å². The fourth-order valence-corrected chi connectivity index (χ4v) is 5.06. The van der Waals surface area contributed by atoms with Crippen molar-refractivity contribution in [3.8, 4) is 0 Å². The van der Waals surface area contributed by atoms with Crippen molar-refractivity contribution in [2.75, 3.05) is 46.0 Å². The number of H-pyrrole nitrogens is 1. The number of esters is 1. The van der Waals surface area contributed by atoms with Crippen LogP contribution < -0.4 is 0 Å². The van der Waals surface area contributed by atoms with Crippen LogP contribution in [0, 0.1) is 19.7 Å². The zero-order chi connectivity index (χ0) is 26.7. The smallest absolute Gasteiger partial charge is 0.355 e. The lowest BCUT2D eigenvalue weighted by Gasteiger charge is -2.30. The molecular weight excluding hydrogens is 481 g/mol. The molecule has 1 unspecified atom stereocenters. The lowest BCUT2D eigenvalue weighted by atomic mass is 9.91. The van der Waals surface area contributed by atoms with Crippen molar-refractivity contribution < 1.29 is 33.4 Å². The van der Waals surface area contributed by atoms with Gasteiger partial charge < -0.3 is 24.5 Å². The molecule has 0 bridgehead atoms. The average Bonchev–Trinajstić information content (AvgIpc) is 3.32. The summed E-state index contributed by atoms with van der Waals surface area (Å²) >= 11 is 0. The number of ether oxygens (including phenoxy) is 2. The number of rotatable bonds is 9. The molecular formula is C27H32FN3O6. The maximum absolute atomic E-state index is 14.2. The van der Waals surface area contributed by atoms with Crippen LogP contribution >= 0.6 is 0 Å². The summed E-state index contributed by atoms with van der Waals surface area (Å²) in [5.41, 5.74) is 1.32. The molecule has 1 atom stereocenters. The Bertz CT molecular complexity index is 1230. The normalized spacial score (nSPS) is 18.5. The minimum atomic E-state index is -0.972. The van der Waals surface area contributed by atoms with Crippen LogP contribution in [0.25, 0.3) is 0 Å². The van der Waals surface area contributed by atoms with E-state index in [0.29, 0.717) is 43.0 Å². The zero-order valence-electron chi connectivity index (χ0n) is 21.3. The fraction of sp³-hybridized carbons (Fsp3) is 0.444. The molecule has 0 spiro atoms. The number of aromatic amines is 1. The van der Waals surface area contributed by atoms with Gasteiger partial charge in [0.05, 0.1) is 31.4 Å². The third-order valence-electron chi connectivity index (χ3n) is 6.83. The Labute approximate surface area is 214 Å². The van der Waals surface area contributed by atoms with E-state index in [1.165, 1.54) is 23.1 Å². The summed E-state index contributed by atoms with van der Waals surface area (Å²) in [5, 5.41) is 10.9. The van der Waals surface area contributed by atoms with Crippen LogP contribution in [0.5, 0.6) is 0 Å². The first-order valence-corrected chi connectivity index (χ1v) is 12.4. The lowest BCUT2D eigenvalue weighted by Crippen LogP contribution is -2.39. The highest BCUT2D eigenvalue weighted by Gasteiger charge is 2.44. The van der Waals surface area contributed by atoms with Crippen LogP contribution in [0.4, 0.5) is 4.39 Å². The minimum absolute atomic E-state index is 0.136. The number of ketones is 1. The number of aliphatic hydroxyl groups excluding tert-OH is 1. The number of carbonyl (C=O) groups is 3. The van der Waals surface area contributed by atoms with Crippen molar-refractivity contribution in [3.05, 3.63) is 69.5 Å². The van der Waals surface area contributed by atoms with Crippen molar-refractivity contribution in [1.29, 1.82) is 0 Å². The molecule has 1 aromatic carbocycles. The van der Waals surface area contributed by atoms with Crippen LogP contribution in [-0.4, -0.2) is 83.5 Å². The molecule has 1 amide bonds. The standard InChI is InChI=1S/C27H32FN3O6/c1-4-37-27(35)22-16(2)20(17(3)29-22)24(32)21-23(18-7-5-8-19(28)15-18)31(26(34)25(21)33)10-6-9-30-11-13-36-14-12-30/h5,7-8,15,23,29,33H,4,6,9-14H2,1-3H3. The van der Waals surface area contributed by atoms with Crippen molar-refractivity contribution in [3.63, 3.8) is 0 Å². The quantitative estimate of drug-likeness (QED) is 0.391. The lowest BCUT2D eigenvalue weighted by molar-refractivity contribution is -0.129. The molecule has 2 aliphatic heterocycles. The molecule has 2 N–H and O–H groups in total. The summed E-state index contributed by atoms with van der Waals surface area (Å²) in [4.78, 5) is 46.0. The monoisotopic (exact) mass is 513 g/mol. The Kier molecular flexibility index (Phi) is 8.09. The van der Waals surface area contributed by atoms with Crippen molar-refractivity contribution in [2.24, 2.45) is 0 Å². The number of Topliss-reactive ketones (excluding diaryl/α,β-unsaturated/α-hetero) is 1. The van der Waals surface area contributed by atoms with Gasteiger partial charge in [-0.05, 0) is 50.5 Å². The van der Waals surface area contributed by atoms with Gasteiger partial charge >= 0.3 is 5.97 Å². The predicted octanol–water partition coefficient (Wildman–Crippen LogP) is 3.25. The van der Waals surface area contributed by atoms with Crippen molar-refractivity contribution in [2.45, 2.75) is 33.2 Å². The largest absolute Gasteiger partial charge is 0.503 e. The van der Waals surface area contributed by atoms with Crippen LogP contribution in [0.1, 0.15) is 57.1 Å². The molecule has 3 heterocycles. The molecule has 0 radical (unpaired) electrons. The number of morpholine rings is 1. The first kappa shape index (κ1) is 26.6. The molecule has 0 aliphatic carbocycles. The van der Waals surface area contributed by atoms with E-state index < -0.39 is 35.3 Å². The van der Waals surface area contributed by atoms with Crippen LogP contribution in [0.15, 0.2) is 35.6 Å². The number of nitrogens with one attached hydrogen (secondary N) is 1. The van der Waals surface area contributed by atoms with E-state index in [0.717, 1.165) is 13.1 Å². The third kappa shape index (κ3) is 5.30. The molecule has 10 heteroatoms. The molecule has 2 aromatic rings. The van der Waals surface area contributed by atoms with Crippen LogP contribution in [-0.2, 0) is 14.3 Å². The highest BCUT2D eigenvalue weighted by molar-refractivity contribution is 6.18. The molecule has 4 rings (SSSR count). The van der Waals surface area contributed by atoms with Crippen molar-refractivity contribution >= 4 is 17.7 Å². The average molecular weight is 514 g/mol. The number of nitrogens with zero attached hydrogens (tertiary/aromatic N) is 2. The Morgan fingerprint density at radius 3 is 2.62 bits per heavy atom. The SMILES string of the molecule is CCOC(=O)c1[nH]c(C)c(C(=O)C2=C(O)C(=O)N(CCCN3CCOCC3)C2c2cccc(F)c2)c1C. The number of carbonyl (C=O) groups excluding carboxylic acids is 3. The van der Waals surface area contributed by atoms with Gasteiger partial charge in [-0.3, -0.25) is 14.5 Å². The maximum Gasteiger partial charge on any atom is 0.355 e. The van der Waals surface area contributed by atoms with Gasteiger partial charge in [-0.25, -0.2) is 9.18 Å². The van der Waals surface area contributed by atoms with Crippen LogP contribution in [0.2, 0.25) is 0 Å². The number of benzene rings is 1. The summed E-state index contributed by atoms with van der Waals surface area (Å²) in [5.74, 6) is -3.07. The molecule has 37 heavy (non-hydrogen) atoms. The summed E-state index contributed by atoms with van der Waals surface area (Å²) in [6, 6.07) is 4.70. The molecule has 1 saturated heterocycles. The highest BCUT2D eigenvalue weighted by Crippen LogP contribution is 2.40. The van der Waals surface area contributed by atoms with E-state index in [2.05, 4.69) is 9.88 Å². The Morgan fingerprint density at radius 1 is 1.22 bits per heavy atom. The Hall–Kier alpha value is -3.50. The zero-order valence-corrected chi connectivity index (χ0v) is 21.3. The van der Waals surface area contributed by atoms with Crippen LogP contribution in [0.3, 0.4) is 0 Å². The molecule has 1 aromatic heterocycles. The maximum atomic E-state index is 14.2. The van der Waals surface area contributed by atoms with E-state index in [4.69, 9.17) is 9.47 Å². The first-order chi connectivity index (χ1) is 17.7. The number of aryl methyl sites for hydroxylation is 1. The number of amides is 1. The Balaban J connectivity index is 1.68. The van der Waals surface area contributed by atoms with E-state index in [9.17, 15) is 23.9 Å². The second kappa shape index (κ2) is 11.3. The summed E-state index contributed by atoms with van der Waals surface area (Å²) < 4.78 is 24.7. The first-order valence-electron chi connectivity index (χ1n) is 12.4. The highest BCUT2D eigenvalue weighted by atomic mass is 19.1. The van der Waals surface area contributed by atoms with E-state index >= 15 is 0 Å². The summed E-state index contributed by atoms with van der Waals surface area (Å²) in [7, 11) is 0. The van der Waals surface area contributed by atoms with Gasteiger partial charge in [0.1, 0.15) is 11.5 Å². The van der Waals surface area contributed by atoms with Gasteiger partial charge in [-0.1, -0.05) is 12.1 Å². The van der Waals surface area contributed by atoms with E-state index in [1.54, 1.807) is 26.8 Å². The molecule has 1 fully saturated rings. The summed E-state index contributed by atoms with van der Waals surface area (Å²) in [6.45, 7) is 8.96. The van der Waals surface area contributed by atoms with E-state index in [-0.39, 0.29) is 30.0 Å². The third-order valence-corrected chi connectivity index (χ3v) is 6.83. The minimum Gasteiger partial charge on any atom is -0.503 e. The molecule has 198 valence electrons. The number of aliphatic hydroxyl groups is 1. The van der Waals surface area contributed by atoms with Gasteiger partial charge in [-0.15, -0.1) is 0 Å². The molecule has 9 nitrogen and oxygen atoms in total. The van der Waals surface area contributed by atoms with Gasteiger partial charge in [-0.2, -0.15) is 0 Å². The fourth-order valence-electron chi connectivity index (χ4n) is 5.06. The van der Waals surface area contributed by atoms with Gasteiger partial charge in [0.25, 0.3) is 5.91 Å². The summed E-state index contributed by atoms with van der Waals surface area (Å²) in [6.07, 6.45) is 0.599. The number of halogens is 1. The van der Waals surface area contributed by atoms with Gasteiger partial charge in [0, 0.05) is 37.4 Å². The van der Waals surface area contributed by atoms with Crippen molar-refractivity contribution in [1.82, 2.24) is 14.8 Å². The molecule has 2 aliphatic rings. The number of hydrogen-bond donors (Lipinski definition) is 2. The van der Waals surface area contributed by atoms with Gasteiger partial charge in [0.15, 0.2) is 11.5 Å². The number of hydrogen-bond acceptors (Lipinski definition) is 7. The molecule has 0 saturated carbocycles. The topological polar surface area (TPSA) is 112 Å². The van der Waals surface area contributed by atoms with Gasteiger partial charge in [0.2, 0.25) is 0 Å². The second-order valence-electron chi connectivity index (χ2n) is 9.20. The Morgan fingerprint density at radius 2 is 1.95 bits per heavy atom. The number of aromatic nitrogens is 1. The second-order valence-corrected chi connectivity index (χ2v) is 9.20.